The van der Waals surface area contributed by atoms with Gasteiger partial charge in [0.05, 0.1) is 16.9 Å². The molecule has 5 nitrogen and oxygen atoms in total. The zero-order chi connectivity index (χ0) is 17.8. The van der Waals surface area contributed by atoms with E-state index in [9.17, 15) is 9.59 Å². The Bertz CT molecular complexity index is 912. The van der Waals surface area contributed by atoms with Crippen molar-refractivity contribution in [3.8, 4) is 0 Å². The Morgan fingerprint density at radius 3 is 2.76 bits per heavy atom. The first-order valence-electron chi connectivity index (χ1n) is 8.30. The normalized spacial score (nSPS) is 21.0. The van der Waals surface area contributed by atoms with Gasteiger partial charge in [0, 0.05) is 17.1 Å². The zero-order valence-electron chi connectivity index (χ0n) is 14.0. The van der Waals surface area contributed by atoms with Crippen LogP contribution in [0, 0.1) is 6.92 Å². The molecule has 0 saturated heterocycles. The zero-order valence-corrected chi connectivity index (χ0v) is 14.8. The summed E-state index contributed by atoms with van der Waals surface area (Å²) in [5.74, 6) is -0.416. The lowest BCUT2D eigenvalue weighted by Crippen LogP contribution is -2.61. The van der Waals surface area contributed by atoms with E-state index in [1.807, 2.05) is 32.0 Å². The van der Waals surface area contributed by atoms with Gasteiger partial charge in [-0.1, -0.05) is 36.7 Å². The van der Waals surface area contributed by atoms with E-state index in [0.29, 0.717) is 22.8 Å². The Morgan fingerprint density at radius 2 is 2.00 bits per heavy atom. The highest BCUT2D eigenvalue weighted by molar-refractivity contribution is 6.31. The van der Waals surface area contributed by atoms with E-state index in [-0.39, 0.29) is 11.8 Å². The minimum absolute atomic E-state index is 0.170. The Hall–Kier alpha value is -2.53. The Morgan fingerprint density at radius 1 is 1.20 bits per heavy atom. The van der Waals surface area contributed by atoms with Crippen molar-refractivity contribution in [2.45, 2.75) is 25.9 Å². The van der Waals surface area contributed by atoms with E-state index >= 15 is 0 Å². The number of nitrogens with one attached hydrogen (secondary N) is 2. The van der Waals surface area contributed by atoms with Crippen LogP contribution >= 0.6 is 11.6 Å². The largest absolute Gasteiger partial charge is 0.350 e. The summed E-state index contributed by atoms with van der Waals surface area (Å²) < 4.78 is 0. The van der Waals surface area contributed by atoms with Gasteiger partial charge in [0.2, 0.25) is 5.66 Å². The maximum Gasteiger partial charge on any atom is 0.276 e. The predicted molar refractivity (Wildman–Crippen MR) is 97.9 cm³/mol. The highest BCUT2D eigenvalue weighted by atomic mass is 35.5. The van der Waals surface area contributed by atoms with Gasteiger partial charge in [-0.15, -0.1) is 0 Å². The molecule has 0 radical (unpaired) electrons. The molecule has 0 saturated carbocycles. The van der Waals surface area contributed by atoms with Gasteiger partial charge in [0.1, 0.15) is 0 Å². The molecule has 0 bridgehead atoms. The smallest absolute Gasteiger partial charge is 0.276 e. The highest BCUT2D eigenvalue weighted by Gasteiger charge is 2.56. The molecule has 0 unspecified atom stereocenters. The minimum Gasteiger partial charge on any atom is -0.350 e. The summed E-state index contributed by atoms with van der Waals surface area (Å²) in [6.07, 6.45) is 0.743. The number of halogens is 1. The molecule has 2 heterocycles. The molecule has 1 atom stereocenters. The first-order valence-corrected chi connectivity index (χ1v) is 8.68. The summed E-state index contributed by atoms with van der Waals surface area (Å²) in [5.41, 5.74) is 2.35. The molecule has 2 amide bonds. The van der Waals surface area contributed by atoms with Crippen LogP contribution in [0.2, 0.25) is 5.02 Å². The van der Waals surface area contributed by atoms with Gasteiger partial charge in [0.25, 0.3) is 11.8 Å². The summed E-state index contributed by atoms with van der Waals surface area (Å²) in [6.45, 7) is 4.40. The lowest BCUT2D eigenvalue weighted by atomic mass is 9.92. The Labute approximate surface area is 151 Å². The number of para-hydroxylation sites is 1. The number of anilines is 2. The number of carbonyl (C=O) groups is 2. The molecule has 128 valence electrons. The molecule has 2 aliphatic heterocycles. The van der Waals surface area contributed by atoms with Gasteiger partial charge >= 0.3 is 0 Å². The molecular formula is C19H18ClN3O2. The third-order valence-corrected chi connectivity index (χ3v) is 5.09. The van der Waals surface area contributed by atoms with Gasteiger partial charge in [-0.3, -0.25) is 9.59 Å². The van der Waals surface area contributed by atoms with Gasteiger partial charge in [-0.2, -0.15) is 0 Å². The topological polar surface area (TPSA) is 61.4 Å². The van der Waals surface area contributed by atoms with Crippen LogP contribution in [0.1, 0.15) is 34.8 Å². The van der Waals surface area contributed by atoms with Crippen LogP contribution in [-0.2, 0) is 10.5 Å². The molecule has 25 heavy (non-hydrogen) atoms. The van der Waals surface area contributed by atoms with Crippen LogP contribution in [0.3, 0.4) is 0 Å². The lowest BCUT2D eigenvalue weighted by molar-refractivity contribution is -0.125. The third-order valence-electron chi connectivity index (χ3n) is 4.85. The summed E-state index contributed by atoms with van der Waals surface area (Å²) in [4.78, 5) is 27.9. The second-order valence-electron chi connectivity index (χ2n) is 6.43. The maximum absolute atomic E-state index is 13.2. The quantitative estimate of drug-likeness (QED) is 0.862. The van der Waals surface area contributed by atoms with Crippen molar-refractivity contribution < 1.29 is 9.59 Å². The van der Waals surface area contributed by atoms with Crippen molar-refractivity contribution >= 4 is 34.8 Å². The van der Waals surface area contributed by atoms with Crippen LogP contribution in [0.5, 0.6) is 0 Å². The van der Waals surface area contributed by atoms with E-state index in [2.05, 4.69) is 10.6 Å². The van der Waals surface area contributed by atoms with Crippen LogP contribution < -0.4 is 10.6 Å². The number of rotatable bonds is 2. The average molecular weight is 356 g/mol. The second kappa shape index (κ2) is 5.49. The fourth-order valence-electron chi connectivity index (χ4n) is 3.71. The molecular weight excluding hydrogens is 338 g/mol. The molecule has 2 aromatic carbocycles. The predicted octanol–water partition coefficient (Wildman–Crippen LogP) is 3.73. The van der Waals surface area contributed by atoms with E-state index < -0.39 is 5.66 Å². The Balaban J connectivity index is 1.98. The van der Waals surface area contributed by atoms with Crippen LogP contribution in [0.25, 0.3) is 0 Å². The van der Waals surface area contributed by atoms with Gasteiger partial charge in [0.15, 0.2) is 0 Å². The average Bonchev–Trinajstić information content (AvgIpc) is 2.86. The fraction of sp³-hybridized carbons (Fsp3) is 0.263. The monoisotopic (exact) mass is 355 g/mol. The van der Waals surface area contributed by atoms with Crippen molar-refractivity contribution in [1.29, 1.82) is 0 Å². The minimum atomic E-state index is -1.24. The van der Waals surface area contributed by atoms with Gasteiger partial charge < -0.3 is 15.5 Å². The molecule has 6 heteroatoms. The van der Waals surface area contributed by atoms with Crippen molar-refractivity contribution in [3.05, 3.63) is 58.1 Å². The number of amides is 2. The van der Waals surface area contributed by atoms with Gasteiger partial charge in [-0.05, 0) is 37.1 Å². The summed E-state index contributed by atoms with van der Waals surface area (Å²) in [5, 5.41) is 6.79. The molecule has 0 aromatic heterocycles. The molecule has 2 N–H and O–H groups in total. The third kappa shape index (κ3) is 2.09. The highest BCUT2D eigenvalue weighted by Crippen LogP contribution is 2.46. The van der Waals surface area contributed by atoms with Crippen molar-refractivity contribution in [2.24, 2.45) is 0 Å². The lowest BCUT2D eigenvalue weighted by Gasteiger charge is -2.44. The maximum atomic E-state index is 13.2. The molecule has 4 rings (SSSR count). The molecule has 2 aromatic rings. The van der Waals surface area contributed by atoms with E-state index in [4.69, 9.17) is 11.6 Å². The van der Waals surface area contributed by atoms with Crippen molar-refractivity contribution in [2.75, 3.05) is 17.2 Å². The first-order chi connectivity index (χ1) is 12.0. The number of benzene rings is 2. The summed E-state index contributed by atoms with van der Waals surface area (Å²) in [6, 6.07) is 10.8. The van der Waals surface area contributed by atoms with Crippen molar-refractivity contribution in [1.82, 2.24) is 4.90 Å². The van der Waals surface area contributed by atoms with Gasteiger partial charge in [-0.25, -0.2) is 0 Å². The molecule has 0 aliphatic carbocycles. The number of aryl methyl sites for hydroxylation is 1. The standard InChI is InChI=1S/C19H18ClN3O2/c1-3-9-23-17(24)13-8-7-12(20)10-15(13)22-19(23)14-6-4-5-11(2)16(14)21-18(19)25/h4-8,10,22H,3,9H2,1-2H3,(H,21,25)/t19-/m0/s1. The molecule has 2 aliphatic rings. The van der Waals surface area contributed by atoms with E-state index in [0.717, 1.165) is 23.2 Å². The van der Waals surface area contributed by atoms with Crippen LogP contribution in [0.15, 0.2) is 36.4 Å². The number of carbonyl (C=O) groups excluding carboxylic acids is 2. The van der Waals surface area contributed by atoms with E-state index in [1.165, 1.54) is 0 Å². The number of hydrogen-bond acceptors (Lipinski definition) is 3. The number of hydrogen-bond donors (Lipinski definition) is 2. The SMILES string of the molecule is CCCN1C(=O)c2ccc(Cl)cc2N[C@]12C(=O)Nc1c(C)cccc12. The summed E-state index contributed by atoms with van der Waals surface area (Å²) >= 11 is 6.11. The number of nitrogens with zero attached hydrogens (tertiary/aromatic N) is 1. The Kier molecular flexibility index (Phi) is 3.51. The fourth-order valence-corrected chi connectivity index (χ4v) is 3.88. The van der Waals surface area contributed by atoms with Crippen LogP contribution in [0.4, 0.5) is 11.4 Å². The number of fused-ring (bicyclic) bond motifs is 3. The van der Waals surface area contributed by atoms with E-state index in [1.54, 1.807) is 23.1 Å². The van der Waals surface area contributed by atoms with Crippen LogP contribution in [-0.4, -0.2) is 23.3 Å². The summed E-state index contributed by atoms with van der Waals surface area (Å²) in [7, 11) is 0. The molecule has 1 spiro atoms. The first kappa shape index (κ1) is 16.0. The van der Waals surface area contributed by atoms with Crippen molar-refractivity contribution in [3.63, 3.8) is 0 Å². The molecule has 0 fully saturated rings. The second-order valence-corrected chi connectivity index (χ2v) is 6.87.